The van der Waals surface area contributed by atoms with Crippen molar-refractivity contribution in [3.8, 4) is 22.6 Å². The van der Waals surface area contributed by atoms with Crippen LogP contribution in [0.15, 0.2) is 95.9 Å². The van der Waals surface area contributed by atoms with Gasteiger partial charge < -0.3 is 4.57 Å². The van der Waals surface area contributed by atoms with Crippen molar-refractivity contribution in [1.29, 1.82) is 0 Å². The Labute approximate surface area is 172 Å². The highest BCUT2D eigenvalue weighted by atomic mass is 35.5. The van der Waals surface area contributed by atoms with Gasteiger partial charge in [-0.3, -0.25) is 9.48 Å². The smallest absolute Gasteiger partial charge is 0.281 e. The topological polar surface area (TPSA) is 31.9 Å². The van der Waals surface area contributed by atoms with Crippen molar-refractivity contribution in [2.45, 2.75) is 0 Å². The Morgan fingerprint density at radius 2 is 1.34 bits per heavy atom. The molecule has 0 aliphatic carbocycles. The molecule has 5 rings (SSSR count). The molecule has 2 aromatic heterocycles. The summed E-state index contributed by atoms with van der Waals surface area (Å²) >= 11 is 6.11. The van der Waals surface area contributed by atoms with Gasteiger partial charge in [-0.15, -0.1) is 0 Å². The lowest BCUT2D eigenvalue weighted by Gasteiger charge is -2.11. The lowest BCUT2D eigenvalue weighted by atomic mass is 10.1. The molecule has 0 aliphatic rings. The quantitative estimate of drug-likeness (QED) is 0.397. The minimum Gasteiger partial charge on any atom is -0.314 e. The Morgan fingerprint density at radius 1 is 0.759 bits per heavy atom. The highest BCUT2D eigenvalue weighted by molar-refractivity contribution is 6.30. The molecule has 5 aromatic rings. The summed E-state index contributed by atoms with van der Waals surface area (Å²) in [5.74, 6) is 0. The lowest BCUT2D eigenvalue weighted by Crippen LogP contribution is -2.20. The Balaban J connectivity index is 1.88. The molecule has 0 radical (unpaired) electrons. The summed E-state index contributed by atoms with van der Waals surface area (Å²) < 4.78 is 5.69. The van der Waals surface area contributed by atoms with E-state index in [2.05, 4.69) is 4.57 Å². The van der Waals surface area contributed by atoms with Gasteiger partial charge in [-0.1, -0.05) is 60.1 Å². The lowest BCUT2D eigenvalue weighted by molar-refractivity contribution is 0.664. The van der Waals surface area contributed by atoms with Crippen LogP contribution in [0.5, 0.6) is 0 Å². The average Bonchev–Trinajstić information content (AvgIpc) is 3.26. The highest BCUT2D eigenvalue weighted by Crippen LogP contribution is 2.32. The van der Waals surface area contributed by atoms with Crippen LogP contribution in [0.3, 0.4) is 0 Å². The average molecular weight is 400 g/mol. The van der Waals surface area contributed by atoms with Gasteiger partial charge in [0, 0.05) is 24.0 Å². The van der Waals surface area contributed by atoms with E-state index in [1.807, 2.05) is 103 Å². The number of hydrogen-bond acceptors (Lipinski definition) is 1. The minimum absolute atomic E-state index is 0.0478. The molecule has 29 heavy (non-hydrogen) atoms. The summed E-state index contributed by atoms with van der Waals surface area (Å²) in [5, 5.41) is 1.35. The van der Waals surface area contributed by atoms with Crippen molar-refractivity contribution >= 4 is 22.5 Å². The van der Waals surface area contributed by atoms with Crippen molar-refractivity contribution in [1.82, 2.24) is 13.9 Å². The van der Waals surface area contributed by atoms with Crippen LogP contribution in [-0.4, -0.2) is 13.9 Å². The van der Waals surface area contributed by atoms with Crippen molar-refractivity contribution in [3.63, 3.8) is 0 Å². The van der Waals surface area contributed by atoms with Crippen LogP contribution in [0.25, 0.3) is 33.5 Å². The van der Waals surface area contributed by atoms with Crippen LogP contribution in [0.4, 0.5) is 0 Å². The summed E-state index contributed by atoms with van der Waals surface area (Å²) in [6.07, 6.45) is 2.02. The maximum Gasteiger partial charge on any atom is 0.281 e. The van der Waals surface area contributed by atoms with Gasteiger partial charge in [0.2, 0.25) is 0 Å². The summed E-state index contributed by atoms with van der Waals surface area (Å²) in [5.41, 5.74) is 4.46. The Kier molecular flexibility index (Phi) is 4.14. The van der Waals surface area contributed by atoms with Crippen LogP contribution in [0.1, 0.15) is 0 Å². The van der Waals surface area contributed by atoms with E-state index in [9.17, 15) is 4.79 Å². The molecule has 0 bridgehead atoms. The molecular formula is C24H18ClN3O. The summed E-state index contributed by atoms with van der Waals surface area (Å²) in [6, 6.07) is 27.3. The number of rotatable bonds is 3. The molecule has 3 aromatic carbocycles. The second-order valence-electron chi connectivity index (χ2n) is 6.93. The largest absolute Gasteiger partial charge is 0.314 e. The predicted molar refractivity (Wildman–Crippen MR) is 118 cm³/mol. The van der Waals surface area contributed by atoms with Crippen molar-refractivity contribution in [2.75, 3.05) is 0 Å². The normalized spacial score (nSPS) is 11.2. The summed E-state index contributed by atoms with van der Waals surface area (Å²) in [4.78, 5) is 13.6. The number of fused-ring (bicyclic) bond motifs is 1. The number of aromatic nitrogens is 3. The number of nitrogens with zero attached hydrogens (tertiary/aromatic N) is 3. The Bertz CT molecular complexity index is 1360. The fourth-order valence-corrected chi connectivity index (χ4v) is 3.97. The van der Waals surface area contributed by atoms with Crippen LogP contribution >= 0.6 is 11.6 Å². The third kappa shape index (κ3) is 2.80. The van der Waals surface area contributed by atoms with Crippen LogP contribution in [0.2, 0.25) is 5.02 Å². The van der Waals surface area contributed by atoms with E-state index in [-0.39, 0.29) is 5.56 Å². The third-order valence-corrected chi connectivity index (χ3v) is 5.44. The zero-order valence-electron chi connectivity index (χ0n) is 15.8. The van der Waals surface area contributed by atoms with Gasteiger partial charge in [0.25, 0.3) is 5.56 Å². The standard InChI is InChI=1S/C24H18ClN3O/c1-26-21-16-27(19-8-4-2-5-9-19)23(17-12-14-18(25)15-13-17)22(21)24(29)28(26)20-10-6-3-7-11-20/h2-16H,1H3. The van der Waals surface area contributed by atoms with Gasteiger partial charge in [-0.2, -0.15) is 0 Å². The van der Waals surface area contributed by atoms with Crippen LogP contribution in [-0.2, 0) is 7.05 Å². The molecular weight excluding hydrogens is 382 g/mol. The van der Waals surface area contributed by atoms with Crippen molar-refractivity contribution in [2.24, 2.45) is 7.05 Å². The van der Waals surface area contributed by atoms with E-state index in [1.165, 1.54) is 0 Å². The zero-order valence-corrected chi connectivity index (χ0v) is 16.5. The first-order chi connectivity index (χ1) is 14.1. The number of para-hydroxylation sites is 2. The minimum atomic E-state index is -0.0478. The van der Waals surface area contributed by atoms with E-state index in [0.717, 1.165) is 28.1 Å². The second-order valence-corrected chi connectivity index (χ2v) is 7.36. The molecule has 0 saturated carbocycles. The maximum absolute atomic E-state index is 13.6. The van der Waals surface area contributed by atoms with Gasteiger partial charge in [0.1, 0.15) is 0 Å². The fourth-order valence-electron chi connectivity index (χ4n) is 3.84. The van der Waals surface area contributed by atoms with Crippen LogP contribution < -0.4 is 5.56 Å². The number of halogens is 1. The van der Waals surface area contributed by atoms with E-state index >= 15 is 0 Å². The van der Waals surface area contributed by atoms with Gasteiger partial charge in [-0.05, 0) is 42.0 Å². The number of hydrogen-bond donors (Lipinski definition) is 0. The van der Waals surface area contributed by atoms with Crippen molar-refractivity contribution < 1.29 is 0 Å². The maximum atomic E-state index is 13.6. The van der Waals surface area contributed by atoms with Crippen LogP contribution in [0, 0.1) is 0 Å². The number of aryl methyl sites for hydroxylation is 1. The van der Waals surface area contributed by atoms with Gasteiger partial charge in [0.05, 0.1) is 22.3 Å². The van der Waals surface area contributed by atoms with Gasteiger partial charge in [0.15, 0.2) is 0 Å². The summed E-state index contributed by atoms with van der Waals surface area (Å²) in [7, 11) is 1.91. The third-order valence-electron chi connectivity index (χ3n) is 5.19. The molecule has 0 N–H and O–H groups in total. The fraction of sp³-hybridized carbons (Fsp3) is 0.0417. The first-order valence-corrected chi connectivity index (χ1v) is 9.73. The molecule has 2 heterocycles. The molecule has 142 valence electrons. The SMILES string of the molecule is Cn1c2cn(-c3ccccc3)c(-c3ccc(Cl)cc3)c2c(=O)n1-c1ccccc1. The molecule has 0 atom stereocenters. The van der Waals surface area contributed by atoms with Gasteiger partial charge >= 0.3 is 0 Å². The number of benzene rings is 3. The molecule has 0 saturated heterocycles. The predicted octanol–water partition coefficient (Wildman–Crippen LogP) is 5.44. The molecule has 0 aliphatic heterocycles. The zero-order chi connectivity index (χ0) is 20.0. The molecule has 0 amide bonds. The first-order valence-electron chi connectivity index (χ1n) is 9.35. The first kappa shape index (κ1) is 17.6. The molecule has 0 fully saturated rings. The van der Waals surface area contributed by atoms with E-state index < -0.39 is 0 Å². The van der Waals surface area contributed by atoms with E-state index in [1.54, 1.807) is 4.68 Å². The van der Waals surface area contributed by atoms with E-state index in [4.69, 9.17) is 11.6 Å². The molecule has 0 unspecified atom stereocenters. The molecule has 4 nitrogen and oxygen atoms in total. The van der Waals surface area contributed by atoms with Crippen molar-refractivity contribution in [3.05, 3.63) is 107 Å². The monoisotopic (exact) mass is 399 g/mol. The summed E-state index contributed by atoms with van der Waals surface area (Å²) in [6.45, 7) is 0. The van der Waals surface area contributed by atoms with E-state index in [0.29, 0.717) is 10.4 Å². The Morgan fingerprint density at radius 3 is 1.97 bits per heavy atom. The molecule has 5 heteroatoms. The highest BCUT2D eigenvalue weighted by Gasteiger charge is 2.22. The second kappa shape index (κ2) is 6.83. The Hall–Kier alpha value is -3.50. The molecule has 0 spiro atoms. The van der Waals surface area contributed by atoms with Gasteiger partial charge in [-0.25, -0.2) is 4.68 Å².